The van der Waals surface area contributed by atoms with E-state index >= 15 is 0 Å². The van der Waals surface area contributed by atoms with Gasteiger partial charge in [-0.1, -0.05) is 36.4 Å². The van der Waals surface area contributed by atoms with Gasteiger partial charge in [0.15, 0.2) is 0 Å². The summed E-state index contributed by atoms with van der Waals surface area (Å²) in [7, 11) is 0. The third-order valence-corrected chi connectivity index (χ3v) is 3.04. The predicted molar refractivity (Wildman–Crippen MR) is 95.9 cm³/mol. The molecule has 0 bridgehead atoms. The molecule has 0 spiro atoms. The fraction of sp³-hybridized carbons (Fsp3) is 0.316. The lowest BCUT2D eigenvalue weighted by atomic mass is 10.2. The topological polar surface area (TPSA) is 27.6 Å². The molecule has 0 saturated heterocycles. The Hall–Kier alpha value is -2.29. The van der Waals surface area contributed by atoms with E-state index < -0.39 is 0 Å². The summed E-state index contributed by atoms with van der Waals surface area (Å²) < 4.78 is 0. The molecule has 0 saturated carbocycles. The van der Waals surface area contributed by atoms with Gasteiger partial charge >= 0.3 is 0 Å². The average Bonchev–Trinajstić information content (AvgIpc) is 2.48. The number of guanidine groups is 1. The van der Waals surface area contributed by atoms with Crippen molar-refractivity contribution in [3.8, 4) is 0 Å². The lowest BCUT2D eigenvalue weighted by molar-refractivity contribution is 0.711. The molecule has 0 atom stereocenters. The molecule has 2 rings (SSSR count). The summed E-state index contributed by atoms with van der Waals surface area (Å²) in [6.07, 6.45) is 0. The van der Waals surface area contributed by atoms with Gasteiger partial charge in [0, 0.05) is 23.5 Å². The Morgan fingerprint density at radius 3 is 1.64 bits per heavy atom. The number of aliphatic imine (C=N–C) groups is 1. The molecule has 0 aliphatic carbocycles. The Kier molecular flexibility index (Phi) is 5.59. The van der Waals surface area contributed by atoms with Crippen molar-refractivity contribution in [2.75, 3.05) is 4.90 Å². The standard InChI is InChI=1S/C19H25N3/c1-15(2)20-19(21-16(3)4)22(17-11-7-5-8-12-17)18-13-9-6-10-14-18/h5-16H,1-4H3,(H,20,21). The van der Waals surface area contributed by atoms with Crippen LogP contribution in [-0.2, 0) is 0 Å². The predicted octanol–water partition coefficient (Wildman–Crippen LogP) is 4.59. The molecule has 0 unspecified atom stereocenters. The van der Waals surface area contributed by atoms with Gasteiger partial charge in [-0.3, -0.25) is 4.90 Å². The third kappa shape index (κ3) is 4.35. The van der Waals surface area contributed by atoms with Gasteiger partial charge in [-0.15, -0.1) is 0 Å². The van der Waals surface area contributed by atoms with Gasteiger partial charge in [0.2, 0.25) is 5.96 Å². The highest BCUT2D eigenvalue weighted by Gasteiger charge is 2.17. The van der Waals surface area contributed by atoms with Gasteiger partial charge in [0.25, 0.3) is 0 Å². The summed E-state index contributed by atoms with van der Waals surface area (Å²) in [6, 6.07) is 21.2. The summed E-state index contributed by atoms with van der Waals surface area (Å²) in [5.41, 5.74) is 2.20. The minimum absolute atomic E-state index is 0.219. The molecule has 116 valence electrons. The highest BCUT2D eigenvalue weighted by atomic mass is 15.3. The van der Waals surface area contributed by atoms with Crippen molar-refractivity contribution < 1.29 is 0 Å². The molecular formula is C19H25N3. The van der Waals surface area contributed by atoms with E-state index in [0.717, 1.165) is 17.3 Å². The van der Waals surface area contributed by atoms with Crippen molar-refractivity contribution in [2.45, 2.75) is 39.8 Å². The molecule has 0 aromatic heterocycles. The molecule has 1 N–H and O–H groups in total. The number of nitrogens with zero attached hydrogens (tertiary/aromatic N) is 2. The van der Waals surface area contributed by atoms with Gasteiger partial charge in [-0.05, 0) is 52.0 Å². The van der Waals surface area contributed by atoms with Crippen molar-refractivity contribution in [1.29, 1.82) is 0 Å². The lowest BCUT2D eigenvalue weighted by Crippen LogP contribution is -2.42. The van der Waals surface area contributed by atoms with E-state index in [1.807, 2.05) is 36.4 Å². The van der Waals surface area contributed by atoms with Crippen LogP contribution in [0, 0.1) is 0 Å². The molecule has 3 nitrogen and oxygen atoms in total. The van der Waals surface area contributed by atoms with E-state index in [9.17, 15) is 0 Å². The molecule has 0 amide bonds. The van der Waals surface area contributed by atoms with Gasteiger partial charge in [-0.25, -0.2) is 4.99 Å². The quantitative estimate of drug-likeness (QED) is 0.660. The normalized spacial score (nSPS) is 11.8. The van der Waals surface area contributed by atoms with Crippen LogP contribution in [0.15, 0.2) is 65.7 Å². The van der Waals surface area contributed by atoms with Crippen LogP contribution < -0.4 is 10.2 Å². The second-order valence-corrected chi connectivity index (χ2v) is 5.85. The van der Waals surface area contributed by atoms with E-state index in [1.54, 1.807) is 0 Å². The van der Waals surface area contributed by atoms with Crippen LogP contribution >= 0.6 is 0 Å². The van der Waals surface area contributed by atoms with E-state index in [4.69, 9.17) is 4.99 Å². The van der Waals surface area contributed by atoms with E-state index in [-0.39, 0.29) is 6.04 Å². The lowest BCUT2D eigenvalue weighted by Gasteiger charge is -2.29. The summed E-state index contributed by atoms with van der Waals surface area (Å²) in [5, 5.41) is 3.48. The summed E-state index contributed by atoms with van der Waals surface area (Å²) in [5.74, 6) is 0.877. The van der Waals surface area contributed by atoms with Gasteiger partial charge in [-0.2, -0.15) is 0 Å². The van der Waals surface area contributed by atoms with Crippen LogP contribution in [0.5, 0.6) is 0 Å². The van der Waals surface area contributed by atoms with Gasteiger partial charge in [0.1, 0.15) is 0 Å². The highest BCUT2D eigenvalue weighted by molar-refractivity contribution is 6.02. The summed E-state index contributed by atoms with van der Waals surface area (Å²) >= 11 is 0. The molecule has 3 heteroatoms. The molecule has 22 heavy (non-hydrogen) atoms. The van der Waals surface area contributed by atoms with Crippen molar-refractivity contribution in [3.05, 3.63) is 60.7 Å². The first kappa shape index (κ1) is 16.1. The number of rotatable bonds is 4. The largest absolute Gasteiger partial charge is 0.353 e. The number of nitrogens with one attached hydrogen (secondary N) is 1. The van der Waals surface area contributed by atoms with E-state index in [0.29, 0.717) is 6.04 Å². The first-order valence-corrected chi connectivity index (χ1v) is 7.82. The Morgan fingerprint density at radius 2 is 1.27 bits per heavy atom. The number of anilines is 2. The SMILES string of the molecule is CC(C)N=C(NC(C)C)N(c1ccccc1)c1ccccc1. The second kappa shape index (κ2) is 7.64. The molecule has 0 aliphatic rings. The molecule has 2 aromatic carbocycles. The summed E-state index contributed by atoms with van der Waals surface area (Å²) in [4.78, 5) is 6.97. The first-order valence-electron chi connectivity index (χ1n) is 7.82. The minimum atomic E-state index is 0.219. The number of benzene rings is 2. The van der Waals surface area contributed by atoms with Crippen molar-refractivity contribution in [1.82, 2.24) is 5.32 Å². The zero-order valence-electron chi connectivity index (χ0n) is 13.8. The highest BCUT2D eigenvalue weighted by Crippen LogP contribution is 2.25. The molecule has 0 fully saturated rings. The monoisotopic (exact) mass is 295 g/mol. The molecule has 0 heterocycles. The Labute approximate surface area is 133 Å². The number of hydrogen-bond donors (Lipinski definition) is 1. The fourth-order valence-electron chi connectivity index (χ4n) is 2.21. The maximum absolute atomic E-state index is 4.80. The van der Waals surface area contributed by atoms with Crippen LogP contribution in [-0.4, -0.2) is 18.0 Å². The van der Waals surface area contributed by atoms with E-state index in [2.05, 4.69) is 62.2 Å². The van der Waals surface area contributed by atoms with Gasteiger partial charge < -0.3 is 5.32 Å². The van der Waals surface area contributed by atoms with E-state index in [1.165, 1.54) is 0 Å². The van der Waals surface area contributed by atoms with Crippen LogP contribution in [0.1, 0.15) is 27.7 Å². The maximum Gasteiger partial charge on any atom is 0.203 e. The van der Waals surface area contributed by atoms with Gasteiger partial charge in [0.05, 0.1) is 0 Å². The summed E-state index contributed by atoms with van der Waals surface area (Å²) in [6.45, 7) is 8.44. The Bertz CT molecular complexity index is 549. The van der Waals surface area contributed by atoms with Crippen molar-refractivity contribution in [2.24, 2.45) is 4.99 Å². The van der Waals surface area contributed by atoms with Crippen LogP contribution in [0.3, 0.4) is 0 Å². The zero-order chi connectivity index (χ0) is 15.9. The number of para-hydroxylation sites is 2. The van der Waals surface area contributed by atoms with Crippen LogP contribution in [0.2, 0.25) is 0 Å². The number of hydrogen-bond acceptors (Lipinski definition) is 1. The molecular weight excluding hydrogens is 270 g/mol. The van der Waals surface area contributed by atoms with Crippen LogP contribution in [0.25, 0.3) is 0 Å². The first-order chi connectivity index (χ1) is 10.6. The molecule has 2 aromatic rings. The second-order valence-electron chi connectivity index (χ2n) is 5.85. The molecule has 0 aliphatic heterocycles. The fourth-order valence-corrected chi connectivity index (χ4v) is 2.21. The average molecular weight is 295 g/mol. The maximum atomic E-state index is 4.80. The van der Waals surface area contributed by atoms with Crippen molar-refractivity contribution in [3.63, 3.8) is 0 Å². The zero-order valence-corrected chi connectivity index (χ0v) is 13.8. The van der Waals surface area contributed by atoms with Crippen LogP contribution in [0.4, 0.5) is 11.4 Å². The minimum Gasteiger partial charge on any atom is -0.353 e. The van der Waals surface area contributed by atoms with Crippen molar-refractivity contribution >= 4 is 17.3 Å². The Balaban J connectivity index is 2.51. The Morgan fingerprint density at radius 1 is 0.818 bits per heavy atom. The molecule has 0 radical (unpaired) electrons. The smallest absolute Gasteiger partial charge is 0.203 e. The third-order valence-electron chi connectivity index (χ3n) is 3.04.